The summed E-state index contributed by atoms with van der Waals surface area (Å²) in [5, 5.41) is 47.6. The van der Waals surface area contributed by atoms with E-state index in [2.05, 4.69) is 0 Å². The van der Waals surface area contributed by atoms with Crippen molar-refractivity contribution in [3.8, 4) is 0 Å². The molecule has 0 bridgehead atoms. The average molecular weight is 334 g/mol. The van der Waals surface area contributed by atoms with Crippen molar-refractivity contribution in [1.82, 2.24) is 0 Å². The van der Waals surface area contributed by atoms with Crippen LogP contribution in [-0.2, 0) is 14.3 Å². The van der Waals surface area contributed by atoms with Crippen LogP contribution in [0.15, 0.2) is 0 Å². The molecule has 0 spiro atoms. The number of ether oxygens (including phenoxy) is 2. The Labute approximate surface area is 148 Å². The van der Waals surface area contributed by atoms with Crippen LogP contribution in [0, 0.1) is 0 Å². The standard InChI is InChI=1S/C11H20O8S.Na/c1-18-11-9(15)8(14)7(13)5(19-11)4-20-6(2-3-12)10(16)17;/h5-9,11-15H,2-4H2,1H3,(H,16,17);/q;+1/p-1/t5-,6?,7+,8-,9-,11+;/m0./s1. The van der Waals surface area contributed by atoms with E-state index < -0.39 is 41.9 Å². The third kappa shape index (κ3) is 5.94. The van der Waals surface area contributed by atoms with Crippen molar-refractivity contribution in [2.24, 2.45) is 0 Å². The molecule has 21 heavy (non-hydrogen) atoms. The maximum atomic E-state index is 10.8. The third-order valence-corrected chi connectivity index (χ3v) is 4.37. The van der Waals surface area contributed by atoms with Crippen molar-refractivity contribution in [2.75, 3.05) is 19.5 Å². The third-order valence-electron chi connectivity index (χ3n) is 3.02. The predicted molar refractivity (Wildman–Crippen MR) is 66.6 cm³/mol. The van der Waals surface area contributed by atoms with Gasteiger partial charge in [0.25, 0.3) is 0 Å². The van der Waals surface area contributed by atoms with E-state index in [0.29, 0.717) is 0 Å². The summed E-state index contributed by atoms with van der Waals surface area (Å²) in [6.07, 6.45) is -6.18. The zero-order chi connectivity index (χ0) is 15.3. The zero-order valence-electron chi connectivity index (χ0n) is 11.9. The molecule has 10 heteroatoms. The molecule has 0 aromatic heterocycles. The van der Waals surface area contributed by atoms with Gasteiger partial charge in [-0.1, -0.05) is 0 Å². The van der Waals surface area contributed by atoms with Gasteiger partial charge >= 0.3 is 29.6 Å². The molecule has 1 aliphatic heterocycles. The van der Waals surface area contributed by atoms with E-state index in [4.69, 9.17) is 14.6 Å². The Hall–Kier alpha value is 0.580. The van der Waals surface area contributed by atoms with Gasteiger partial charge < -0.3 is 39.8 Å². The van der Waals surface area contributed by atoms with Crippen molar-refractivity contribution in [3.63, 3.8) is 0 Å². The van der Waals surface area contributed by atoms with Crippen LogP contribution in [0.4, 0.5) is 0 Å². The molecule has 0 aliphatic carbocycles. The molecule has 1 fully saturated rings. The second-order valence-electron chi connectivity index (χ2n) is 4.40. The van der Waals surface area contributed by atoms with Gasteiger partial charge in [0.05, 0.1) is 12.1 Å². The minimum absolute atomic E-state index is 0. The number of carboxylic acid groups (broad SMARTS) is 1. The van der Waals surface area contributed by atoms with E-state index in [-0.39, 0.29) is 48.3 Å². The van der Waals surface area contributed by atoms with Gasteiger partial charge in [0.15, 0.2) is 6.29 Å². The first kappa shape index (κ1) is 21.6. The summed E-state index contributed by atoms with van der Waals surface area (Å²) < 4.78 is 10.1. The molecular weight excluding hydrogens is 315 g/mol. The first-order valence-corrected chi connectivity index (χ1v) is 7.13. The zero-order valence-corrected chi connectivity index (χ0v) is 14.7. The van der Waals surface area contributed by atoms with E-state index in [0.717, 1.165) is 11.8 Å². The van der Waals surface area contributed by atoms with Crippen LogP contribution >= 0.6 is 11.8 Å². The van der Waals surface area contributed by atoms with Crippen molar-refractivity contribution in [1.29, 1.82) is 0 Å². The summed E-state index contributed by atoms with van der Waals surface area (Å²) in [5.74, 6) is -1.28. The van der Waals surface area contributed by atoms with E-state index in [9.17, 15) is 25.2 Å². The molecule has 1 aliphatic rings. The van der Waals surface area contributed by atoms with Gasteiger partial charge in [-0.15, -0.1) is 11.8 Å². The average Bonchev–Trinajstić information content (AvgIpc) is 2.42. The molecule has 4 N–H and O–H groups in total. The molecule has 6 atom stereocenters. The largest absolute Gasteiger partial charge is 1.00 e. The Kier molecular flexibility index (Phi) is 10.7. The van der Waals surface area contributed by atoms with E-state index in [1.54, 1.807) is 0 Å². The maximum Gasteiger partial charge on any atom is 1.00 e. The molecule has 1 rings (SSSR count). The number of aliphatic carboxylic acids is 1. The fourth-order valence-electron chi connectivity index (χ4n) is 1.85. The van der Waals surface area contributed by atoms with Gasteiger partial charge in [-0.3, -0.25) is 0 Å². The Bertz CT molecular complexity index is 319. The van der Waals surface area contributed by atoms with E-state index >= 15 is 0 Å². The predicted octanol–water partition coefficient (Wildman–Crippen LogP) is -6.32. The van der Waals surface area contributed by atoms with Crippen LogP contribution in [0.25, 0.3) is 0 Å². The van der Waals surface area contributed by atoms with Crippen LogP contribution in [0.3, 0.4) is 0 Å². The Morgan fingerprint density at radius 3 is 2.43 bits per heavy atom. The van der Waals surface area contributed by atoms with Crippen molar-refractivity contribution in [3.05, 3.63) is 0 Å². The topological polar surface area (TPSA) is 140 Å². The fraction of sp³-hybridized carbons (Fsp3) is 0.909. The second kappa shape index (κ2) is 10.4. The summed E-state index contributed by atoms with van der Waals surface area (Å²) in [7, 11) is 1.28. The number of aliphatic hydroxyl groups excluding tert-OH is 4. The molecule has 8 nitrogen and oxygen atoms in total. The molecule has 1 heterocycles. The molecule has 118 valence electrons. The molecule has 0 aromatic carbocycles. The van der Waals surface area contributed by atoms with Gasteiger partial charge in [-0.25, -0.2) is 0 Å². The Morgan fingerprint density at radius 1 is 1.33 bits per heavy atom. The molecular formula is C11H19NaO8S. The Balaban J connectivity index is 0.00000400. The minimum Gasteiger partial charge on any atom is -0.549 e. The number of carbonyl (C=O) groups excluding carboxylic acids is 1. The van der Waals surface area contributed by atoms with Crippen molar-refractivity contribution in [2.45, 2.75) is 42.4 Å². The number of thioether (sulfide) groups is 1. The first-order chi connectivity index (χ1) is 9.42. The summed E-state index contributed by atoms with van der Waals surface area (Å²) in [4.78, 5) is 10.8. The van der Waals surface area contributed by atoms with Crippen LogP contribution in [0.1, 0.15) is 6.42 Å². The number of hydrogen-bond donors (Lipinski definition) is 4. The van der Waals surface area contributed by atoms with Crippen LogP contribution in [0.2, 0.25) is 0 Å². The summed E-state index contributed by atoms with van der Waals surface area (Å²) in [5.41, 5.74) is 0. The van der Waals surface area contributed by atoms with Crippen LogP contribution in [-0.4, -0.2) is 81.8 Å². The summed E-state index contributed by atoms with van der Waals surface area (Å²) >= 11 is 0.925. The minimum atomic E-state index is -1.45. The van der Waals surface area contributed by atoms with Gasteiger partial charge in [0.1, 0.15) is 18.3 Å². The monoisotopic (exact) mass is 334 g/mol. The number of rotatable bonds is 7. The van der Waals surface area contributed by atoms with Crippen molar-refractivity contribution < 1.29 is 69.4 Å². The first-order valence-electron chi connectivity index (χ1n) is 6.08. The molecule has 0 amide bonds. The number of carbonyl (C=O) groups is 1. The number of hydrogen-bond acceptors (Lipinski definition) is 9. The number of aliphatic hydroxyl groups is 4. The van der Waals surface area contributed by atoms with Crippen LogP contribution in [0.5, 0.6) is 0 Å². The van der Waals surface area contributed by atoms with Crippen LogP contribution < -0.4 is 34.7 Å². The number of carboxylic acids is 1. The van der Waals surface area contributed by atoms with E-state index in [1.165, 1.54) is 7.11 Å². The summed E-state index contributed by atoms with van der Waals surface area (Å²) in [6.45, 7) is -0.304. The Morgan fingerprint density at radius 2 is 1.95 bits per heavy atom. The molecule has 0 saturated carbocycles. The van der Waals surface area contributed by atoms with Gasteiger partial charge in [-0.2, -0.15) is 0 Å². The van der Waals surface area contributed by atoms with Gasteiger partial charge in [-0.05, 0) is 6.42 Å². The molecule has 0 radical (unpaired) electrons. The maximum absolute atomic E-state index is 10.8. The smallest absolute Gasteiger partial charge is 0.549 e. The number of methoxy groups -OCH3 is 1. The molecule has 0 aromatic rings. The van der Waals surface area contributed by atoms with Crippen molar-refractivity contribution >= 4 is 17.7 Å². The second-order valence-corrected chi connectivity index (χ2v) is 5.64. The quantitative estimate of drug-likeness (QED) is 0.335. The summed E-state index contributed by atoms with van der Waals surface area (Å²) in [6, 6.07) is 0. The normalized spacial score (nSPS) is 34.0. The van der Waals surface area contributed by atoms with E-state index in [1.807, 2.05) is 0 Å². The molecule has 1 unspecified atom stereocenters. The fourth-order valence-corrected chi connectivity index (χ4v) is 2.95. The SMILES string of the molecule is CO[C@@H]1O[C@@H](CSC(CCO)C(=O)[O-])[C@@H](O)[C@H](O)[C@@H]1O.[Na+]. The van der Waals surface area contributed by atoms with Gasteiger partial charge in [0.2, 0.25) is 0 Å². The molecule has 1 saturated heterocycles. The van der Waals surface area contributed by atoms with Gasteiger partial charge in [0, 0.05) is 24.7 Å².